The molecular weight excluding hydrogens is 258 g/mol. The minimum atomic E-state index is -0.398. The van der Waals surface area contributed by atoms with Crippen LogP contribution in [-0.4, -0.2) is 47.5 Å². The molecule has 2 heterocycles. The largest absolute Gasteiger partial charge is 0.373 e. The number of pyridine rings is 1. The smallest absolute Gasteiger partial charge is 0.276 e. The molecule has 1 aliphatic heterocycles. The highest BCUT2D eigenvalue weighted by atomic mass is 16.6. The number of aromatic nitrogens is 1. The molecule has 1 saturated heterocycles. The molecule has 0 amide bonds. The van der Waals surface area contributed by atoms with Crippen LogP contribution in [0, 0.1) is 10.1 Å². The van der Waals surface area contributed by atoms with E-state index < -0.39 is 4.92 Å². The standard InChI is InChI=1S/C13H21N5O2/c1-9-6-10(4-5-17(9)3)15-13-8-11(18(19)20)7-12(14-2)16-13/h7-10H,4-6H2,1-3H3,(H2,14,15,16). The molecule has 0 spiro atoms. The first-order valence-corrected chi connectivity index (χ1v) is 6.80. The highest BCUT2D eigenvalue weighted by Gasteiger charge is 2.23. The number of nitrogens with one attached hydrogen (secondary N) is 2. The van der Waals surface area contributed by atoms with Crippen LogP contribution < -0.4 is 10.6 Å². The summed E-state index contributed by atoms with van der Waals surface area (Å²) >= 11 is 0. The van der Waals surface area contributed by atoms with E-state index in [2.05, 4.69) is 34.5 Å². The Kier molecular flexibility index (Phi) is 4.39. The molecule has 0 bridgehead atoms. The van der Waals surface area contributed by atoms with E-state index in [1.165, 1.54) is 12.1 Å². The predicted octanol–water partition coefficient (Wildman–Crippen LogP) is 1.93. The summed E-state index contributed by atoms with van der Waals surface area (Å²) in [5, 5.41) is 17.1. The number of anilines is 2. The molecule has 7 heteroatoms. The van der Waals surface area contributed by atoms with Gasteiger partial charge in [0.2, 0.25) is 0 Å². The van der Waals surface area contributed by atoms with Crippen LogP contribution in [0.25, 0.3) is 0 Å². The van der Waals surface area contributed by atoms with Gasteiger partial charge >= 0.3 is 0 Å². The van der Waals surface area contributed by atoms with Gasteiger partial charge < -0.3 is 15.5 Å². The van der Waals surface area contributed by atoms with Gasteiger partial charge in [-0.2, -0.15) is 0 Å². The summed E-state index contributed by atoms with van der Waals surface area (Å²) in [6, 6.07) is 3.73. The van der Waals surface area contributed by atoms with E-state index in [4.69, 9.17) is 0 Å². The minimum absolute atomic E-state index is 0.0489. The van der Waals surface area contributed by atoms with E-state index in [1.54, 1.807) is 7.05 Å². The van der Waals surface area contributed by atoms with Gasteiger partial charge in [-0.25, -0.2) is 4.98 Å². The highest BCUT2D eigenvalue weighted by molar-refractivity contribution is 5.54. The second-order valence-corrected chi connectivity index (χ2v) is 5.30. The van der Waals surface area contributed by atoms with Crippen molar-refractivity contribution in [3.63, 3.8) is 0 Å². The molecule has 7 nitrogen and oxygen atoms in total. The molecule has 110 valence electrons. The number of likely N-dealkylation sites (tertiary alicyclic amines) is 1. The quantitative estimate of drug-likeness (QED) is 0.647. The van der Waals surface area contributed by atoms with Gasteiger partial charge in [-0.3, -0.25) is 10.1 Å². The Balaban J connectivity index is 2.12. The van der Waals surface area contributed by atoms with Crippen molar-refractivity contribution in [2.24, 2.45) is 0 Å². The maximum Gasteiger partial charge on any atom is 0.276 e. The van der Waals surface area contributed by atoms with Crippen LogP contribution >= 0.6 is 0 Å². The van der Waals surface area contributed by atoms with Crippen LogP contribution in [0.4, 0.5) is 17.3 Å². The van der Waals surface area contributed by atoms with Crippen LogP contribution in [0.15, 0.2) is 12.1 Å². The molecular formula is C13H21N5O2. The summed E-state index contributed by atoms with van der Waals surface area (Å²) in [6.07, 6.45) is 2.02. The van der Waals surface area contributed by atoms with Gasteiger partial charge in [0.15, 0.2) is 0 Å². The van der Waals surface area contributed by atoms with Gasteiger partial charge in [0, 0.05) is 25.7 Å². The summed E-state index contributed by atoms with van der Waals surface area (Å²) in [5.74, 6) is 1.06. The molecule has 1 aromatic heterocycles. The second kappa shape index (κ2) is 6.04. The molecule has 2 atom stereocenters. The van der Waals surface area contributed by atoms with E-state index in [0.29, 0.717) is 23.7 Å². The Labute approximate surface area is 118 Å². The number of rotatable bonds is 4. The van der Waals surface area contributed by atoms with E-state index in [0.717, 1.165) is 19.4 Å². The van der Waals surface area contributed by atoms with Crippen molar-refractivity contribution in [1.29, 1.82) is 0 Å². The summed E-state index contributed by atoms with van der Waals surface area (Å²) in [5.41, 5.74) is 0.0489. The van der Waals surface area contributed by atoms with Gasteiger partial charge in [0.1, 0.15) is 11.6 Å². The normalized spacial score (nSPS) is 23.4. The van der Waals surface area contributed by atoms with Crippen molar-refractivity contribution in [1.82, 2.24) is 9.88 Å². The number of nitro groups is 1. The first-order valence-electron chi connectivity index (χ1n) is 6.80. The van der Waals surface area contributed by atoms with Crippen molar-refractivity contribution >= 4 is 17.3 Å². The van der Waals surface area contributed by atoms with Crippen molar-refractivity contribution in [3.8, 4) is 0 Å². The van der Waals surface area contributed by atoms with Crippen LogP contribution in [0.2, 0.25) is 0 Å². The number of nitrogens with zero attached hydrogens (tertiary/aromatic N) is 3. The minimum Gasteiger partial charge on any atom is -0.373 e. The molecule has 0 aliphatic carbocycles. The average Bonchev–Trinajstić information content (AvgIpc) is 2.42. The summed E-state index contributed by atoms with van der Waals surface area (Å²) < 4.78 is 0. The zero-order chi connectivity index (χ0) is 14.7. The fraction of sp³-hybridized carbons (Fsp3) is 0.615. The van der Waals surface area contributed by atoms with Crippen LogP contribution in [-0.2, 0) is 0 Å². The molecule has 20 heavy (non-hydrogen) atoms. The Morgan fingerprint density at radius 1 is 1.45 bits per heavy atom. The van der Waals surface area contributed by atoms with Crippen LogP contribution in [0.3, 0.4) is 0 Å². The SMILES string of the molecule is CNc1cc([N+](=O)[O-])cc(NC2CCN(C)C(C)C2)n1. The molecule has 2 rings (SSSR count). The number of hydrogen-bond acceptors (Lipinski definition) is 6. The van der Waals surface area contributed by atoms with Gasteiger partial charge in [0.05, 0.1) is 17.1 Å². The van der Waals surface area contributed by atoms with Crippen molar-refractivity contribution in [2.75, 3.05) is 31.3 Å². The lowest BCUT2D eigenvalue weighted by Gasteiger charge is -2.35. The van der Waals surface area contributed by atoms with Crippen molar-refractivity contribution in [2.45, 2.75) is 31.8 Å². The van der Waals surface area contributed by atoms with Crippen molar-refractivity contribution in [3.05, 3.63) is 22.2 Å². The fourth-order valence-corrected chi connectivity index (χ4v) is 2.45. The lowest BCUT2D eigenvalue weighted by atomic mass is 9.99. The van der Waals surface area contributed by atoms with Crippen LogP contribution in [0.1, 0.15) is 19.8 Å². The third-order valence-electron chi connectivity index (χ3n) is 3.84. The summed E-state index contributed by atoms with van der Waals surface area (Å²) in [6.45, 7) is 3.21. The van der Waals surface area contributed by atoms with Crippen LogP contribution in [0.5, 0.6) is 0 Å². The first kappa shape index (κ1) is 14.5. The Morgan fingerprint density at radius 3 is 2.75 bits per heavy atom. The third kappa shape index (κ3) is 3.36. The molecule has 0 aromatic carbocycles. The molecule has 1 aromatic rings. The fourth-order valence-electron chi connectivity index (χ4n) is 2.45. The molecule has 1 aliphatic rings. The molecule has 2 N–H and O–H groups in total. The third-order valence-corrected chi connectivity index (χ3v) is 3.84. The molecule has 0 radical (unpaired) electrons. The lowest BCUT2D eigenvalue weighted by molar-refractivity contribution is -0.384. The zero-order valence-corrected chi connectivity index (χ0v) is 12.1. The maximum atomic E-state index is 10.9. The van der Waals surface area contributed by atoms with Gasteiger partial charge in [-0.05, 0) is 26.8 Å². The molecule has 1 fully saturated rings. The van der Waals surface area contributed by atoms with Gasteiger partial charge in [0.25, 0.3) is 5.69 Å². The van der Waals surface area contributed by atoms with Gasteiger partial charge in [-0.15, -0.1) is 0 Å². The lowest BCUT2D eigenvalue weighted by Crippen LogP contribution is -2.42. The molecule has 2 unspecified atom stereocenters. The Morgan fingerprint density at radius 2 is 2.15 bits per heavy atom. The Bertz CT molecular complexity index is 494. The van der Waals surface area contributed by atoms with E-state index in [1.807, 2.05) is 0 Å². The zero-order valence-electron chi connectivity index (χ0n) is 12.1. The second-order valence-electron chi connectivity index (χ2n) is 5.30. The molecule has 0 saturated carbocycles. The highest BCUT2D eigenvalue weighted by Crippen LogP contribution is 2.24. The van der Waals surface area contributed by atoms with Gasteiger partial charge in [-0.1, -0.05) is 0 Å². The van der Waals surface area contributed by atoms with Crippen molar-refractivity contribution < 1.29 is 4.92 Å². The van der Waals surface area contributed by atoms with E-state index >= 15 is 0 Å². The first-order chi connectivity index (χ1) is 9.49. The van der Waals surface area contributed by atoms with E-state index in [-0.39, 0.29) is 5.69 Å². The van der Waals surface area contributed by atoms with E-state index in [9.17, 15) is 10.1 Å². The summed E-state index contributed by atoms with van der Waals surface area (Å²) in [4.78, 5) is 17.2. The number of piperidine rings is 1. The Hall–Kier alpha value is -1.89. The average molecular weight is 279 g/mol. The summed E-state index contributed by atoms with van der Waals surface area (Å²) in [7, 11) is 3.82. The predicted molar refractivity (Wildman–Crippen MR) is 79.2 cm³/mol. The topological polar surface area (TPSA) is 83.3 Å². The maximum absolute atomic E-state index is 10.9. The number of hydrogen-bond donors (Lipinski definition) is 2. The monoisotopic (exact) mass is 279 g/mol.